The Labute approximate surface area is 626 Å². The molecule has 22 nitrogen and oxygen atoms in total. The summed E-state index contributed by atoms with van der Waals surface area (Å²) in [7, 11) is 3.80. The standard InChI is InChI=1S/C28H27FN2O6.2C28H27FN2O5/c1-27(2,3)37-26(34)31-15-28(13-20(31)25(33)35-4)14-21(32)22-18-10-5-6-11-19(18)30-23(24(22)36-28)16-8-7-9-17(29)12-16;2*1-27(2,3)36-26(33)31-16-28(15-22(31)25(32)34-4)13-12-20-19-10-5-6-11-21(19)30-23(24(20)35-28)17-8-7-9-18(29)14-17/h5-12,20H,13-15H2,1-4H3;2*5-14,22H,15-16H2,1-4H3/t20-,28?;22-,28+;22-,28-/m000/s1. The van der Waals surface area contributed by atoms with Gasteiger partial charge in [-0.1, -0.05) is 103 Å². The summed E-state index contributed by atoms with van der Waals surface area (Å²) in [6.07, 6.45) is 5.95. The Kier molecular flexibility index (Phi) is 20.1. The third-order valence-electron chi connectivity index (χ3n) is 19.1. The number of esters is 3. The van der Waals surface area contributed by atoms with Crippen molar-refractivity contribution in [2.75, 3.05) is 41.0 Å². The highest BCUT2D eigenvalue weighted by molar-refractivity contribution is 6.13. The molecule has 0 aliphatic carbocycles. The second-order valence-corrected chi connectivity index (χ2v) is 30.6. The first kappa shape index (κ1) is 75.3. The van der Waals surface area contributed by atoms with E-state index in [2.05, 4.69) is 0 Å². The van der Waals surface area contributed by atoms with Gasteiger partial charge in [0.2, 0.25) is 0 Å². The molecular weight excluding hydrogens is 1410 g/mol. The van der Waals surface area contributed by atoms with Crippen molar-refractivity contribution >= 4 is 86.8 Å². The third-order valence-corrected chi connectivity index (χ3v) is 19.1. The van der Waals surface area contributed by atoms with E-state index < -0.39 is 93.7 Å². The molecule has 9 aromatic rings. The van der Waals surface area contributed by atoms with Crippen molar-refractivity contribution in [3.05, 3.63) is 192 Å². The topological polar surface area (TPSA) is 251 Å². The summed E-state index contributed by atoms with van der Waals surface area (Å²) in [6, 6.07) is 37.9. The number of fused-ring (bicyclic) bond motifs is 9. The first-order chi connectivity index (χ1) is 51.7. The number of hydrogen-bond acceptors (Lipinski definition) is 19. The quantitative estimate of drug-likeness (QED) is 0.111. The molecule has 6 aliphatic rings. The van der Waals surface area contributed by atoms with E-state index in [0.29, 0.717) is 61.7 Å². The zero-order chi connectivity index (χ0) is 77.9. The van der Waals surface area contributed by atoms with Gasteiger partial charge in [-0.2, -0.15) is 0 Å². The molecule has 3 aromatic heterocycles. The average molecular weight is 1490 g/mol. The van der Waals surface area contributed by atoms with Crippen LogP contribution >= 0.6 is 0 Å². The highest BCUT2D eigenvalue weighted by Gasteiger charge is 2.57. The van der Waals surface area contributed by atoms with E-state index in [1.54, 1.807) is 117 Å². The molecule has 3 saturated heterocycles. The van der Waals surface area contributed by atoms with Crippen LogP contribution in [0.1, 0.15) is 109 Å². The predicted molar refractivity (Wildman–Crippen MR) is 399 cm³/mol. The highest BCUT2D eigenvalue weighted by atomic mass is 19.1. The van der Waals surface area contributed by atoms with Gasteiger partial charge in [-0.3, -0.25) is 19.5 Å². The second kappa shape index (κ2) is 29.0. The zero-order valence-electron chi connectivity index (χ0n) is 62.2. The fraction of sp³-hybridized carbons (Fsp3) is 0.333. The fourth-order valence-corrected chi connectivity index (χ4v) is 14.5. The molecule has 564 valence electrons. The van der Waals surface area contributed by atoms with Crippen molar-refractivity contribution in [2.24, 2.45) is 0 Å². The molecule has 15 rings (SSSR count). The van der Waals surface area contributed by atoms with E-state index in [9.17, 15) is 46.7 Å². The number of ether oxygens (including phenoxy) is 9. The van der Waals surface area contributed by atoms with Gasteiger partial charge in [-0.05, 0) is 129 Å². The maximum Gasteiger partial charge on any atom is 0.411 e. The lowest BCUT2D eigenvalue weighted by Crippen LogP contribution is -2.47. The van der Waals surface area contributed by atoms with Crippen LogP contribution < -0.4 is 14.2 Å². The number of ketones is 1. The SMILES string of the molecule is COC(=O)[C@@H]1CC2(CC(=O)c3c(c(-c4cccc(F)c4)nc4ccccc34)O2)CN1C(=O)OC(C)(C)C.COC(=O)[C@@H]1C[C@@]2(C=Cc3c(c(-c4cccc(F)c4)nc4ccccc34)O2)CN1C(=O)OC(C)(C)C.COC(=O)[C@@H]1C[C@]2(C=Cc3c(c(-c4cccc(F)c4)nc4ccccc34)O2)CN1C(=O)OC(C)(C)C. The zero-order valence-corrected chi connectivity index (χ0v) is 62.2. The Balaban J connectivity index is 0.000000144. The first-order valence-corrected chi connectivity index (χ1v) is 35.5. The molecule has 3 spiro atoms. The molecule has 6 aliphatic heterocycles. The number of aromatic nitrogens is 3. The lowest BCUT2D eigenvalue weighted by atomic mass is 9.85. The van der Waals surface area contributed by atoms with Gasteiger partial charge >= 0.3 is 36.2 Å². The summed E-state index contributed by atoms with van der Waals surface area (Å²) in [5.74, 6) is -2.05. The van der Waals surface area contributed by atoms with Crippen LogP contribution in [0.15, 0.2) is 158 Å². The van der Waals surface area contributed by atoms with E-state index in [4.69, 9.17) is 57.6 Å². The third kappa shape index (κ3) is 15.5. The number of likely N-dealkylation sites (tertiary alicyclic amines) is 3. The van der Waals surface area contributed by atoms with E-state index in [1.165, 1.54) is 72.4 Å². The molecule has 6 aromatic carbocycles. The number of nitrogens with zero attached hydrogens (tertiary/aromatic N) is 6. The molecule has 3 amide bonds. The number of para-hydroxylation sites is 3. The molecule has 6 atom stereocenters. The predicted octanol–water partition coefficient (Wildman–Crippen LogP) is 15.7. The summed E-state index contributed by atoms with van der Waals surface area (Å²) in [5.41, 5.74) is 1.33. The van der Waals surface area contributed by atoms with Gasteiger partial charge in [0.25, 0.3) is 0 Å². The van der Waals surface area contributed by atoms with E-state index in [-0.39, 0.29) is 68.5 Å². The van der Waals surface area contributed by atoms with Crippen LogP contribution in [0.2, 0.25) is 0 Å². The van der Waals surface area contributed by atoms with E-state index in [1.807, 2.05) is 78.9 Å². The lowest BCUT2D eigenvalue weighted by molar-refractivity contribution is -0.146. The van der Waals surface area contributed by atoms with Crippen LogP contribution in [-0.4, -0.2) is 164 Å². The average Bonchev–Trinajstić information content (AvgIpc) is 1.73. The van der Waals surface area contributed by atoms with Crippen molar-refractivity contribution in [3.63, 3.8) is 0 Å². The van der Waals surface area contributed by atoms with Gasteiger partial charge in [0.05, 0.1) is 69.5 Å². The number of pyridine rings is 3. The van der Waals surface area contributed by atoms with Crippen LogP contribution in [-0.2, 0) is 42.8 Å². The Hall–Kier alpha value is -11.9. The van der Waals surface area contributed by atoms with Crippen molar-refractivity contribution in [1.29, 1.82) is 0 Å². The summed E-state index contributed by atoms with van der Waals surface area (Å²) < 4.78 is 93.9. The number of carbonyl (C=O) groups is 7. The van der Waals surface area contributed by atoms with Crippen LogP contribution in [0.4, 0.5) is 27.6 Å². The number of hydrogen-bond donors (Lipinski definition) is 0. The maximum absolute atomic E-state index is 14.2. The van der Waals surface area contributed by atoms with Crippen LogP contribution in [0.3, 0.4) is 0 Å². The van der Waals surface area contributed by atoms with Gasteiger partial charge < -0.3 is 42.6 Å². The minimum atomic E-state index is -1.22. The number of carbonyl (C=O) groups excluding carboxylic acids is 7. The lowest BCUT2D eigenvalue weighted by Gasteiger charge is -2.36. The molecule has 0 radical (unpaired) electrons. The Morgan fingerprint density at radius 1 is 0.431 bits per heavy atom. The van der Waals surface area contributed by atoms with Crippen LogP contribution in [0.5, 0.6) is 17.2 Å². The van der Waals surface area contributed by atoms with Crippen molar-refractivity contribution in [3.8, 4) is 51.0 Å². The highest BCUT2D eigenvalue weighted by Crippen LogP contribution is 2.51. The summed E-state index contributed by atoms with van der Waals surface area (Å²) in [5, 5.41) is 2.37. The first-order valence-electron chi connectivity index (χ1n) is 35.5. The van der Waals surface area contributed by atoms with Gasteiger partial charge in [0.1, 0.15) is 86.3 Å². The Morgan fingerprint density at radius 3 is 1.14 bits per heavy atom. The number of halogens is 3. The summed E-state index contributed by atoms with van der Waals surface area (Å²) in [4.78, 5) is 109. The Bertz CT molecular complexity index is 5030. The molecule has 9 heterocycles. The smallest absolute Gasteiger partial charge is 0.411 e. The van der Waals surface area contributed by atoms with E-state index in [0.717, 1.165) is 32.9 Å². The normalized spacial score (nSPS) is 20.9. The maximum atomic E-state index is 14.2. The van der Waals surface area contributed by atoms with Crippen molar-refractivity contribution < 1.29 is 89.4 Å². The van der Waals surface area contributed by atoms with Gasteiger partial charge in [0.15, 0.2) is 23.0 Å². The molecular formula is C84H81F3N6O16. The molecule has 0 bridgehead atoms. The largest absolute Gasteiger partial charge is 0.482 e. The second-order valence-electron chi connectivity index (χ2n) is 30.6. The molecule has 0 saturated carbocycles. The van der Waals surface area contributed by atoms with Crippen LogP contribution in [0, 0.1) is 17.5 Å². The van der Waals surface area contributed by atoms with Crippen molar-refractivity contribution in [2.45, 2.75) is 140 Å². The molecule has 0 N–H and O–H groups in total. The molecule has 25 heteroatoms. The van der Waals surface area contributed by atoms with E-state index >= 15 is 0 Å². The molecule has 3 fully saturated rings. The summed E-state index contributed by atoms with van der Waals surface area (Å²) in [6.45, 7) is 15.8. The Morgan fingerprint density at radius 2 is 0.771 bits per heavy atom. The van der Waals surface area contributed by atoms with Gasteiger partial charge in [-0.15, -0.1) is 0 Å². The number of methoxy groups -OCH3 is 3. The fourth-order valence-electron chi connectivity index (χ4n) is 14.5. The minimum Gasteiger partial charge on any atom is -0.482 e. The number of Topliss-reactive ketones (excluding diaryl/α,β-unsaturated/α-hetero) is 1. The minimum absolute atomic E-state index is 0.0273. The molecule has 109 heavy (non-hydrogen) atoms. The van der Waals surface area contributed by atoms with Crippen LogP contribution in [0.25, 0.3) is 78.6 Å². The molecule has 1 unspecified atom stereocenters. The number of rotatable bonds is 6. The van der Waals surface area contributed by atoms with Crippen molar-refractivity contribution in [1.82, 2.24) is 29.7 Å². The number of amides is 3. The number of benzene rings is 6. The van der Waals surface area contributed by atoms with Gasteiger partial charge in [-0.25, -0.2) is 56.9 Å². The summed E-state index contributed by atoms with van der Waals surface area (Å²) >= 11 is 0. The van der Waals surface area contributed by atoms with Gasteiger partial charge in [0, 0.05) is 63.2 Å². The monoisotopic (exact) mass is 1490 g/mol.